The van der Waals surface area contributed by atoms with Crippen molar-refractivity contribution in [1.29, 1.82) is 0 Å². The fraction of sp³-hybridized carbons (Fsp3) is 0.778. The lowest BCUT2D eigenvalue weighted by Gasteiger charge is -2.15. The van der Waals surface area contributed by atoms with Crippen LogP contribution in [0.15, 0.2) is 6.33 Å². The Morgan fingerprint density at radius 1 is 1.79 bits per heavy atom. The first kappa shape index (κ1) is 9.61. The van der Waals surface area contributed by atoms with Gasteiger partial charge < -0.3 is 9.84 Å². The minimum Gasteiger partial charge on any atom is -0.392 e. The van der Waals surface area contributed by atoms with Gasteiger partial charge in [-0.15, -0.1) is 0 Å². The lowest BCUT2D eigenvalue weighted by Crippen LogP contribution is -2.24. The third kappa shape index (κ3) is 1.93. The van der Waals surface area contributed by atoms with E-state index in [1.54, 1.807) is 4.68 Å². The van der Waals surface area contributed by atoms with Crippen LogP contribution in [-0.4, -0.2) is 39.2 Å². The fourth-order valence-corrected chi connectivity index (χ4v) is 1.71. The molecule has 2 heterocycles. The van der Waals surface area contributed by atoms with Crippen molar-refractivity contribution in [2.24, 2.45) is 13.0 Å². The molecular weight excluding hydrogens is 182 g/mol. The lowest BCUT2D eigenvalue weighted by atomic mass is 9.99. The summed E-state index contributed by atoms with van der Waals surface area (Å²) in [5, 5.41) is 13.8. The molecule has 14 heavy (non-hydrogen) atoms. The van der Waals surface area contributed by atoms with Crippen molar-refractivity contribution in [1.82, 2.24) is 14.8 Å². The van der Waals surface area contributed by atoms with Crippen LogP contribution in [0.5, 0.6) is 0 Å². The van der Waals surface area contributed by atoms with E-state index in [1.807, 2.05) is 7.05 Å². The Bertz CT molecular complexity index is 294. The first-order valence-corrected chi connectivity index (χ1v) is 4.86. The summed E-state index contributed by atoms with van der Waals surface area (Å²) in [6.45, 7) is 1.43. The average molecular weight is 197 g/mol. The van der Waals surface area contributed by atoms with Crippen LogP contribution in [0.1, 0.15) is 12.2 Å². The minimum absolute atomic E-state index is 0.256. The molecule has 1 saturated heterocycles. The molecule has 1 aliphatic rings. The second-order valence-corrected chi connectivity index (χ2v) is 3.70. The maximum absolute atomic E-state index is 9.88. The number of ether oxygens (including phenoxy) is 1. The maximum Gasteiger partial charge on any atom is 0.138 e. The van der Waals surface area contributed by atoms with E-state index < -0.39 is 0 Å². The Morgan fingerprint density at radius 3 is 3.21 bits per heavy atom. The molecule has 2 atom stereocenters. The van der Waals surface area contributed by atoms with Crippen LogP contribution in [0.3, 0.4) is 0 Å². The Kier molecular flexibility index (Phi) is 2.79. The summed E-state index contributed by atoms with van der Waals surface area (Å²) in [6, 6.07) is 0. The summed E-state index contributed by atoms with van der Waals surface area (Å²) in [7, 11) is 1.83. The number of hydrogen-bond donors (Lipinski definition) is 1. The van der Waals surface area contributed by atoms with E-state index in [-0.39, 0.29) is 12.0 Å². The van der Waals surface area contributed by atoms with Gasteiger partial charge in [-0.3, -0.25) is 4.68 Å². The summed E-state index contributed by atoms with van der Waals surface area (Å²) in [6.07, 6.45) is 2.65. The van der Waals surface area contributed by atoms with E-state index in [9.17, 15) is 5.11 Å². The molecule has 2 rings (SSSR count). The molecular formula is C9H15N3O2. The quantitative estimate of drug-likeness (QED) is 0.726. The van der Waals surface area contributed by atoms with E-state index in [1.165, 1.54) is 6.33 Å². The molecule has 0 amide bonds. The molecule has 0 aromatic carbocycles. The average Bonchev–Trinajstić information content (AvgIpc) is 2.77. The molecule has 0 spiro atoms. The molecule has 5 heteroatoms. The van der Waals surface area contributed by atoms with Crippen molar-refractivity contribution >= 4 is 0 Å². The van der Waals surface area contributed by atoms with E-state index in [2.05, 4.69) is 10.1 Å². The van der Waals surface area contributed by atoms with Gasteiger partial charge in [0.1, 0.15) is 12.2 Å². The highest BCUT2D eigenvalue weighted by molar-refractivity contribution is 4.89. The van der Waals surface area contributed by atoms with Crippen LogP contribution in [0.4, 0.5) is 0 Å². The molecule has 5 nitrogen and oxygen atoms in total. The lowest BCUT2D eigenvalue weighted by molar-refractivity contribution is 0.0896. The van der Waals surface area contributed by atoms with Crippen LogP contribution >= 0.6 is 0 Å². The fourth-order valence-electron chi connectivity index (χ4n) is 1.71. The van der Waals surface area contributed by atoms with E-state index in [0.29, 0.717) is 13.0 Å². The van der Waals surface area contributed by atoms with Gasteiger partial charge in [0.05, 0.1) is 12.7 Å². The SMILES string of the molecule is Cn1ncnc1CC(O)C1CCOC1. The van der Waals surface area contributed by atoms with Crippen molar-refractivity contribution in [3.63, 3.8) is 0 Å². The van der Waals surface area contributed by atoms with Crippen LogP contribution in [0.2, 0.25) is 0 Å². The molecule has 1 N–H and O–H groups in total. The van der Waals surface area contributed by atoms with Crippen LogP contribution < -0.4 is 0 Å². The van der Waals surface area contributed by atoms with E-state index in [4.69, 9.17) is 4.74 Å². The van der Waals surface area contributed by atoms with Crippen molar-refractivity contribution in [3.05, 3.63) is 12.2 Å². The van der Waals surface area contributed by atoms with E-state index >= 15 is 0 Å². The van der Waals surface area contributed by atoms with Crippen LogP contribution in [0, 0.1) is 5.92 Å². The second-order valence-electron chi connectivity index (χ2n) is 3.70. The molecule has 0 radical (unpaired) electrons. The predicted octanol–water partition coefficient (Wildman–Crippen LogP) is -0.245. The first-order chi connectivity index (χ1) is 6.77. The Morgan fingerprint density at radius 2 is 2.64 bits per heavy atom. The van der Waals surface area contributed by atoms with E-state index in [0.717, 1.165) is 18.9 Å². The number of rotatable bonds is 3. The third-order valence-electron chi connectivity index (χ3n) is 2.71. The van der Waals surface area contributed by atoms with Gasteiger partial charge in [0, 0.05) is 26.0 Å². The summed E-state index contributed by atoms with van der Waals surface area (Å²) in [4.78, 5) is 4.08. The van der Waals surface area contributed by atoms with Gasteiger partial charge in [-0.1, -0.05) is 0 Å². The number of aliphatic hydroxyl groups excluding tert-OH is 1. The summed E-state index contributed by atoms with van der Waals surface area (Å²) in [5.74, 6) is 1.08. The first-order valence-electron chi connectivity index (χ1n) is 4.86. The molecule has 1 aromatic heterocycles. The standard InChI is InChI=1S/C9H15N3O2/c1-12-9(10-6-11-12)4-8(13)7-2-3-14-5-7/h6-8,13H,2-5H2,1H3. The molecule has 0 aliphatic carbocycles. The largest absolute Gasteiger partial charge is 0.392 e. The predicted molar refractivity (Wildman–Crippen MR) is 49.6 cm³/mol. The zero-order chi connectivity index (χ0) is 9.97. The molecule has 2 unspecified atom stereocenters. The molecule has 1 aliphatic heterocycles. The summed E-state index contributed by atoms with van der Waals surface area (Å²) >= 11 is 0. The topological polar surface area (TPSA) is 60.2 Å². The molecule has 1 aromatic rings. The van der Waals surface area contributed by atoms with Crippen molar-refractivity contribution in [2.75, 3.05) is 13.2 Å². The maximum atomic E-state index is 9.88. The molecule has 0 saturated carbocycles. The second kappa shape index (κ2) is 4.06. The third-order valence-corrected chi connectivity index (χ3v) is 2.71. The van der Waals surface area contributed by atoms with Crippen LogP contribution in [-0.2, 0) is 18.2 Å². The van der Waals surface area contributed by atoms with Gasteiger partial charge in [0.15, 0.2) is 0 Å². The zero-order valence-electron chi connectivity index (χ0n) is 8.26. The monoisotopic (exact) mass is 197 g/mol. The van der Waals surface area contributed by atoms with Crippen molar-refractivity contribution in [2.45, 2.75) is 18.9 Å². The summed E-state index contributed by atoms with van der Waals surface area (Å²) < 4.78 is 6.92. The smallest absolute Gasteiger partial charge is 0.138 e. The van der Waals surface area contributed by atoms with Gasteiger partial charge in [0.2, 0.25) is 0 Å². The normalized spacial score (nSPS) is 24.0. The molecule has 1 fully saturated rings. The number of hydrogen-bond acceptors (Lipinski definition) is 4. The van der Waals surface area contributed by atoms with Gasteiger partial charge in [0.25, 0.3) is 0 Å². The molecule has 0 bridgehead atoms. The minimum atomic E-state index is -0.361. The highest BCUT2D eigenvalue weighted by atomic mass is 16.5. The Hall–Kier alpha value is -0.940. The molecule has 78 valence electrons. The van der Waals surface area contributed by atoms with Gasteiger partial charge in [-0.05, 0) is 6.42 Å². The highest BCUT2D eigenvalue weighted by Crippen LogP contribution is 2.18. The Labute approximate surface area is 82.7 Å². The number of aryl methyl sites for hydroxylation is 1. The van der Waals surface area contributed by atoms with Gasteiger partial charge in [-0.25, -0.2) is 4.98 Å². The number of aromatic nitrogens is 3. The number of nitrogens with zero attached hydrogens (tertiary/aromatic N) is 3. The van der Waals surface area contributed by atoms with Gasteiger partial charge in [-0.2, -0.15) is 5.10 Å². The highest BCUT2D eigenvalue weighted by Gasteiger charge is 2.25. The Balaban J connectivity index is 1.93. The zero-order valence-corrected chi connectivity index (χ0v) is 8.26. The van der Waals surface area contributed by atoms with Crippen molar-refractivity contribution in [3.8, 4) is 0 Å². The van der Waals surface area contributed by atoms with Crippen molar-refractivity contribution < 1.29 is 9.84 Å². The van der Waals surface area contributed by atoms with Crippen LogP contribution in [0.25, 0.3) is 0 Å². The summed E-state index contributed by atoms with van der Waals surface area (Å²) in [5.41, 5.74) is 0. The van der Waals surface area contributed by atoms with Gasteiger partial charge >= 0.3 is 0 Å². The number of aliphatic hydroxyl groups is 1.